The Kier molecular flexibility index (Phi) is 5.60. The summed E-state index contributed by atoms with van der Waals surface area (Å²) in [6.07, 6.45) is 3.73. The first-order chi connectivity index (χ1) is 9.65. The molecule has 1 aliphatic rings. The molecule has 0 radical (unpaired) electrons. The second-order valence-corrected chi connectivity index (χ2v) is 5.83. The van der Waals surface area contributed by atoms with E-state index < -0.39 is 0 Å². The number of carbonyl (C=O) groups is 1. The van der Waals surface area contributed by atoms with Crippen LogP contribution < -0.4 is 4.74 Å². The van der Waals surface area contributed by atoms with E-state index in [2.05, 4.69) is 11.8 Å². The highest BCUT2D eigenvalue weighted by molar-refractivity contribution is 5.94. The average Bonchev–Trinajstić information content (AvgIpc) is 2.44. The Morgan fingerprint density at radius 3 is 3.05 bits per heavy atom. The fraction of sp³-hybridized carbons (Fsp3) is 0.588. The summed E-state index contributed by atoms with van der Waals surface area (Å²) in [5.41, 5.74) is 0.715. The van der Waals surface area contributed by atoms with Crippen LogP contribution in [0, 0.1) is 5.92 Å². The number of piperidine rings is 1. The van der Waals surface area contributed by atoms with Crippen molar-refractivity contribution in [1.82, 2.24) is 4.90 Å². The van der Waals surface area contributed by atoms with Gasteiger partial charge in [0.15, 0.2) is 5.78 Å². The van der Waals surface area contributed by atoms with Gasteiger partial charge in [-0.3, -0.25) is 4.79 Å². The van der Waals surface area contributed by atoms with Crippen molar-refractivity contribution in [2.24, 2.45) is 5.92 Å². The van der Waals surface area contributed by atoms with Gasteiger partial charge in [-0.05, 0) is 50.8 Å². The third kappa shape index (κ3) is 4.64. The molecule has 2 rings (SSSR count). The molecule has 110 valence electrons. The van der Waals surface area contributed by atoms with Gasteiger partial charge in [-0.15, -0.1) is 0 Å². The fourth-order valence-electron chi connectivity index (χ4n) is 2.77. The number of benzene rings is 1. The molecule has 1 fully saturated rings. The van der Waals surface area contributed by atoms with E-state index >= 15 is 0 Å². The molecule has 1 heterocycles. The molecule has 0 spiro atoms. The molecule has 3 nitrogen and oxygen atoms in total. The van der Waals surface area contributed by atoms with Crippen molar-refractivity contribution in [3.8, 4) is 5.75 Å². The summed E-state index contributed by atoms with van der Waals surface area (Å²) < 4.78 is 5.74. The van der Waals surface area contributed by atoms with Crippen molar-refractivity contribution >= 4 is 5.78 Å². The average molecular weight is 275 g/mol. The van der Waals surface area contributed by atoms with Crippen molar-refractivity contribution in [3.63, 3.8) is 0 Å². The number of hydrogen-bond donors (Lipinski definition) is 0. The van der Waals surface area contributed by atoms with Gasteiger partial charge in [0.25, 0.3) is 0 Å². The van der Waals surface area contributed by atoms with E-state index in [1.807, 2.05) is 24.3 Å². The lowest BCUT2D eigenvalue weighted by Gasteiger charge is -2.30. The maximum atomic E-state index is 11.3. The third-order valence-electron chi connectivity index (χ3n) is 3.87. The predicted octanol–water partition coefficient (Wildman–Crippen LogP) is 3.39. The summed E-state index contributed by atoms with van der Waals surface area (Å²) in [6.45, 7) is 8.18. The monoisotopic (exact) mass is 275 g/mol. The lowest BCUT2D eigenvalue weighted by molar-refractivity contribution is 0.101. The van der Waals surface area contributed by atoms with Crippen molar-refractivity contribution in [3.05, 3.63) is 29.8 Å². The van der Waals surface area contributed by atoms with Crippen LogP contribution >= 0.6 is 0 Å². The molecule has 20 heavy (non-hydrogen) atoms. The van der Waals surface area contributed by atoms with E-state index in [1.54, 1.807) is 6.92 Å². The summed E-state index contributed by atoms with van der Waals surface area (Å²) in [4.78, 5) is 13.8. The molecular weight excluding hydrogens is 250 g/mol. The highest BCUT2D eigenvalue weighted by Gasteiger charge is 2.15. The molecular formula is C17H25NO2. The standard InChI is InChI=1S/C17H25NO2/c1-14-6-4-9-18(13-14)10-5-11-20-17-8-3-7-16(12-17)15(2)19/h3,7-8,12,14H,4-6,9-11,13H2,1-2H3. The van der Waals surface area contributed by atoms with Crippen molar-refractivity contribution < 1.29 is 9.53 Å². The Morgan fingerprint density at radius 1 is 1.45 bits per heavy atom. The second kappa shape index (κ2) is 7.44. The van der Waals surface area contributed by atoms with E-state index in [1.165, 1.54) is 25.9 Å². The van der Waals surface area contributed by atoms with Crippen molar-refractivity contribution in [1.29, 1.82) is 0 Å². The first-order valence-corrected chi connectivity index (χ1v) is 7.61. The van der Waals surface area contributed by atoms with Gasteiger partial charge < -0.3 is 9.64 Å². The smallest absolute Gasteiger partial charge is 0.159 e. The first-order valence-electron chi connectivity index (χ1n) is 7.61. The molecule has 1 aromatic carbocycles. The Balaban J connectivity index is 1.70. The molecule has 0 N–H and O–H groups in total. The number of likely N-dealkylation sites (tertiary alicyclic amines) is 1. The quantitative estimate of drug-likeness (QED) is 0.589. The maximum Gasteiger partial charge on any atom is 0.159 e. The first kappa shape index (κ1) is 15.0. The van der Waals surface area contributed by atoms with Crippen molar-refractivity contribution in [2.75, 3.05) is 26.2 Å². The van der Waals surface area contributed by atoms with Crippen LogP contribution in [0.3, 0.4) is 0 Å². The van der Waals surface area contributed by atoms with Crippen LogP contribution in [-0.4, -0.2) is 36.9 Å². The van der Waals surface area contributed by atoms with Crippen LogP contribution in [0.25, 0.3) is 0 Å². The fourth-order valence-corrected chi connectivity index (χ4v) is 2.77. The van der Waals surface area contributed by atoms with Gasteiger partial charge in [-0.2, -0.15) is 0 Å². The van der Waals surface area contributed by atoms with Gasteiger partial charge in [-0.1, -0.05) is 19.1 Å². The minimum atomic E-state index is 0.0813. The zero-order valence-corrected chi connectivity index (χ0v) is 12.6. The summed E-state index contributed by atoms with van der Waals surface area (Å²) in [5.74, 6) is 1.71. The van der Waals surface area contributed by atoms with Crippen LogP contribution in [0.5, 0.6) is 5.75 Å². The van der Waals surface area contributed by atoms with E-state index in [4.69, 9.17) is 4.74 Å². The zero-order chi connectivity index (χ0) is 14.4. The van der Waals surface area contributed by atoms with Gasteiger partial charge in [0, 0.05) is 18.7 Å². The topological polar surface area (TPSA) is 29.5 Å². The number of rotatable bonds is 6. The van der Waals surface area contributed by atoms with Gasteiger partial charge >= 0.3 is 0 Å². The number of hydrogen-bond acceptors (Lipinski definition) is 3. The Bertz CT molecular complexity index is 444. The van der Waals surface area contributed by atoms with Crippen LogP contribution in [0.1, 0.15) is 43.5 Å². The molecule has 0 amide bonds. The summed E-state index contributed by atoms with van der Waals surface area (Å²) in [6, 6.07) is 7.43. The normalized spacial score (nSPS) is 19.8. The molecule has 1 aromatic rings. The highest BCUT2D eigenvalue weighted by atomic mass is 16.5. The minimum Gasteiger partial charge on any atom is -0.494 e. The molecule has 0 bridgehead atoms. The zero-order valence-electron chi connectivity index (χ0n) is 12.6. The van der Waals surface area contributed by atoms with Crippen LogP contribution in [0.2, 0.25) is 0 Å². The molecule has 0 aliphatic carbocycles. The highest BCUT2D eigenvalue weighted by Crippen LogP contribution is 2.16. The van der Waals surface area contributed by atoms with Crippen LogP contribution in [0.4, 0.5) is 0 Å². The lowest BCUT2D eigenvalue weighted by atomic mass is 10.0. The summed E-state index contributed by atoms with van der Waals surface area (Å²) in [5, 5.41) is 0. The number of Topliss-reactive ketones (excluding diaryl/α,β-unsaturated/α-hetero) is 1. The predicted molar refractivity (Wildman–Crippen MR) is 81.4 cm³/mol. The Morgan fingerprint density at radius 2 is 2.30 bits per heavy atom. The second-order valence-electron chi connectivity index (χ2n) is 5.83. The Labute approximate surface area is 121 Å². The van der Waals surface area contributed by atoms with E-state index in [-0.39, 0.29) is 5.78 Å². The molecule has 3 heteroatoms. The van der Waals surface area contributed by atoms with Crippen molar-refractivity contribution in [2.45, 2.75) is 33.1 Å². The lowest BCUT2D eigenvalue weighted by Crippen LogP contribution is -2.35. The van der Waals surface area contributed by atoms with E-state index in [0.29, 0.717) is 12.2 Å². The number of ether oxygens (including phenoxy) is 1. The Hall–Kier alpha value is -1.35. The molecule has 1 aliphatic heterocycles. The number of ketones is 1. The molecule has 0 aromatic heterocycles. The number of nitrogens with zero attached hydrogens (tertiary/aromatic N) is 1. The molecule has 1 atom stereocenters. The minimum absolute atomic E-state index is 0.0813. The summed E-state index contributed by atoms with van der Waals surface area (Å²) in [7, 11) is 0. The SMILES string of the molecule is CC(=O)c1cccc(OCCCN2CCCC(C)C2)c1. The maximum absolute atomic E-state index is 11.3. The van der Waals surface area contributed by atoms with Gasteiger partial charge in [0.05, 0.1) is 6.61 Å². The summed E-state index contributed by atoms with van der Waals surface area (Å²) >= 11 is 0. The van der Waals surface area contributed by atoms with Crippen LogP contribution in [-0.2, 0) is 0 Å². The largest absolute Gasteiger partial charge is 0.494 e. The van der Waals surface area contributed by atoms with Gasteiger partial charge in [0.2, 0.25) is 0 Å². The molecule has 1 saturated heterocycles. The van der Waals surface area contributed by atoms with E-state index in [0.717, 1.165) is 24.6 Å². The number of carbonyl (C=O) groups excluding carboxylic acids is 1. The van der Waals surface area contributed by atoms with E-state index in [9.17, 15) is 4.79 Å². The third-order valence-corrected chi connectivity index (χ3v) is 3.87. The van der Waals surface area contributed by atoms with Gasteiger partial charge in [-0.25, -0.2) is 0 Å². The van der Waals surface area contributed by atoms with Crippen LogP contribution in [0.15, 0.2) is 24.3 Å². The molecule has 0 saturated carbocycles. The van der Waals surface area contributed by atoms with Gasteiger partial charge in [0.1, 0.15) is 5.75 Å². The molecule has 1 unspecified atom stereocenters.